The SMILES string of the molecule is CC.NCc1ccc(N2CCN(C=O)CC2)cc1. The Morgan fingerprint density at radius 2 is 1.67 bits per heavy atom. The van der Waals surface area contributed by atoms with Gasteiger partial charge < -0.3 is 15.5 Å². The van der Waals surface area contributed by atoms with Crippen molar-refractivity contribution in [2.24, 2.45) is 5.73 Å². The first-order valence-electron chi connectivity index (χ1n) is 6.57. The zero-order valence-electron chi connectivity index (χ0n) is 11.3. The maximum atomic E-state index is 10.6. The predicted molar refractivity (Wildman–Crippen MR) is 75.5 cm³/mol. The van der Waals surface area contributed by atoms with Crippen LogP contribution in [0.1, 0.15) is 19.4 Å². The third-order valence-electron chi connectivity index (χ3n) is 3.00. The van der Waals surface area contributed by atoms with Crippen LogP contribution in [0.3, 0.4) is 0 Å². The molecule has 1 fully saturated rings. The van der Waals surface area contributed by atoms with E-state index < -0.39 is 0 Å². The molecule has 1 aliphatic heterocycles. The van der Waals surface area contributed by atoms with E-state index in [1.807, 2.05) is 18.7 Å². The molecule has 1 heterocycles. The third-order valence-corrected chi connectivity index (χ3v) is 3.00. The molecule has 2 N–H and O–H groups in total. The van der Waals surface area contributed by atoms with Gasteiger partial charge in [-0.15, -0.1) is 0 Å². The Morgan fingerprint density at radius 3 is 2.11 bits per heavy atom. The third kappa shape index (κ3) is 3.74. The van der Waals surface area contributed by atoms with E-state index in [2.05, 4.69) is 29.2 Å². The van der Waals surface area contributed by atoms with E-state index in [0.717, 1.165) is 38.2 Å². The lowest BCUT2D eigenvalue weighted by Gasteiger charge is -2.34. The molecule has 0 aliphatic carbocycles. The average molecular weight is 249 g/mol. The maximum Gasteiger partial charge on any atom is 0.209 e. The monoisotopic (exact) mass is 249 g/mol. The van der Waals surface area contributed by atoms with Gasteiger partial charge in [0.05, 0.1) is 0 Å². The number of amides is 1. The molecular weight excluding hydrogens is 226 g/mol. The van der Waals surface area contributed by atoms with Crippen molar-refractivity contribution in [1.82, 2.24) is 4.90 Å². The average Bonchev–Trinajstić information content (AvgIpc) is 2.49. The summed E-state index contributed by atoms with van der Waals surface area (Å²) in [5.41, 5.74) is 7.91. The van der Waals surface area contributed by atoms with E-state index in [-0.39, 0.29) is 0 Å². The molecular formula is C14H23N3O. The van der Waals surface area contributed by atoms with Crippen molar-refractivity contribution in [3.8, 4) is 0 Å². The second kappa shape index (κ2) is 7.71. The van der Waals surface area contributed by atoms with Gasteiger partial charge in [-0.1, -0.05) is 26.0 Å². The van der Waals surface area contributed by atoms with Crippen molar-refractivity contribution in [3.63, 3.8) is 0 Å². The topological polar surface area (TPSA) is 49.6 Å². The smallest absolute Gasteiger partial charge is 0.209 e. The molecule has 1 aromatic carbocycles. The van der Waals surface area contributed by atoms with Gasteiger partial charge in [0, 0.05) is 38.4 Å². The summed E-state index contributed by atoms with van der Waals surface area (Å²) in [6.45, 7) is 8.00. The summed E-state index contributed by atoms with van der Waals surface area (Å²) in [6.07, 6.45) is 0.925. The molecule has 1 amide bonds. The van der Waals surface area contributed by atoms with Crippen molar-refractivity contribution in [2.75, 3.05) is 31.1 Å². The molecule has 0 aromatic heterocycles. The normalized spacial score (nSPS) is 14.8. The molecule has 1 saturated heterocycles. The van der Waals surface area contributed by atoms with Crippen LogP contribution in [0.25, 0.3) is 0 Å². The van der Waals surface area contributed by atoms with Crippen LogP contribution in [0.5, 0.6) is 0 Å². The first-order chi connectivity index (χ1) is 8.83. The molecule has 0 saturated carbocycles. The lowest BCUT2D eigenvalue weighted by molar-refractivity contribution is -0.118. The second-order valence-corrected chi connectivity index (χ2v) is 4.00. The van der Waals surface area contributed by atoms with Gasteiger partial charge in [-0.2, -0.15) is 0 Å². The Balaban J connectivity index is 0.000000771. The van der Waals surface area contributed by atoms with Gasteiger partial charge in [0.1, 0.15) is 0 Å². The van der Waals surface area contributed by atoms with Gasteiger partial charge >= 0.3 is 0 Å². The van der Waals surface area contributed by atoms with Crippen LogP contribution in [0, 0.1) is 0 Å². The number of piperazine rings is 1. The van der Waals surface area contributed by atoms with E-state index in [1.54, 1.807) is 0 Å². The molecule has 0 unspecified atom stereocenters. The second-order valence-electron chi connectivity index (χ2n) is 4.00. The highest BCUT2D eigenvalue weighted by Crippen LogP contribution is 2.16. The Hall–Kier alpha value is -1.55. The van der Waals surface area contributed by atoms with Gasteiger partial charge in [0.2, 0.25) is 6.41 Å². The fraction of sp³-hybridized carbons (Fsp3) is 0.500. The van der Waals surface area contributed by atoms with E-state index in [1.165, 1.54) is 5.69 Å². The zero-order valence-corrected chi connectivity index (χ0v) is 11.3. The Morgan fingerprint density at radius 1 is 1.11 bits per heavy atom. The predicted octanol–water partition coefficient (Wildman–Crippen LogP) is 1.45. The fourth-order valence-electron chi connectivity index (χ4n) is 1.93. The maximum absolute atomic E-state index is 10.6. The summed E-state index contributed by atoms with van der Waals surface area (Å²) >= 11 is 0. The van der Waals surface area contributed by atoms with Crippen molar-refractivity contribution in [2.45, 2.75) is 20.4 Å². The van der Waals surface area contributed by atoms with Crippen LogP contribution < -0.4 is 10.6 Å². The number of nitrogens with two attached hydrogens (primary N) is 1. The van der Waals surface area contributed by atoms with E-state index in [9.17, 15) is 4.79 Å². The number of anilines is 1. The summed E-state index contributed by atoms with van der Waals surface area (Å²) in [5, 5.41) is 0. The van der Waals surface area contributed by atoms with Gasteiger partial charge in [0.25, 0.3) is 0 Å². The molecule has 2 rings (SSSR count). The van der Waals surface area contributed by atoms with E-state index >= 15 is 0 Å². The highest BCUT2D eigenvalue weighted by molar-refractivity contribution is 5.51. The molecule has 4 nitrogen and oxygen atoms in total. The zero-order chi connectivity index (χ0) is 13.4. The summed E-state index contributed by atoms with van der Waals surface area (Å²) in [7, 11) is 0. The van der Waals surface area contributed by atoms with Gasteiger partial charge in [-0.3, -0.25) is 4.79 Å². The van der Waals surface area contributed by atoms with Gasteiger partial charge in [0.15, 0.2) is 0 Å². The summed E-state index contributed by atoms with van der Waals surface area (Å²) < 4.78 is 0. The quantitative estimate of drug-likeness (QED) is 0.825. The standard InChI is InChI=1S/C12H17N3O.C2H6/c13-9-11-1-3-12(4-2-11)15-7-5-14(10-16)6-8-15;1-2/h1-4,10H,5-9,13H2;1-2H3. The van der Waals surface area contributed by atoms with Gasteiger partial charge in [-0.05, 0) is 17.7 Å². The minimum absolute atomic E-state index is 0.583. The minimum atomic E-state index is 0.583. The summed E-state index contributed by atoms with van der Waals surface area (Å²) in [5.74, 6) is 0. The fourth-order valence-corrected chi connectivity index (χ4v) is 1.93. The van der Waals surface area contributed by atoms with Gasteiger partial charge in [-0.25, -0.2) is 0 Å². The highest BCUT2D eigenvalue weighted by atomic mass is 16.1. The highest BCUT2D eigenvalue weighted by Gasteiger charge is 2.15. The molecule has 4 heteroatoms. The summed E-state index contributed by atoms with van der Waals surface area (Å²) in [6, 6.07) is 8.31. The van der Waals surface area contributed by atoms with Crippen molar-refractivity contribution in [3.05, 3.63) is 29.8 Å². The summed E-state index contributed by atoms with van der Waals surface area (Å²) in [4.78, 5) is 14.7. The molecule has 100 valence electrons. The minimum Gasteiger partial charge on any atom is -0.368 e. The first-order valence-corrected chi connectivity index (χ1v) is 6.57. The molecule has 0 radical (unpaired) electrons. The first kappa shape index (κ1) is 14.5. The number of carbonyl (C=O) groups excluding carboxylic acids is 1. The van der Waals surface area contributed by atoms with Crippen molar-refractivity contribution < 1.29 is 4.79 Å². The largest absolute Gasteiger partial charge is 0.368 e. The van der Waals surface area contributed by atoms with Crippen LogP contribution in [-0.2, 0) is 11.3 Å². The molecule has 18 heavy (non-hydrogen) atoms. The van der Waals surface area contributed by atoms with Crippen LogP contribution in [-0.4, -0.2) is 37.5 Å². The molecule has 0 bridgehead atoms. The van der Waals surface area contributed by atoms with Crippen LogP contribution >= 0.6 is 0 Å². The number of rotatable bonds is 3. The molecule has 1 aromatic rings. The lowest BCUT2D eigenvalue weighted by atomic mass is 10.2. The lowest BCUT2D eigenvalue weighted by Crippen LogP contribution is -2.45. The number of hydrogen-bond donors (Lipinski definition) is 1. The molecule has 0 spiro atoms. The van der Waals surface area contributed by atoms with E-state index in [4.69, 9.17) is 5.73 Å². The molecule has 1 aliphatic rings. The Bertz CT molecular complexity index is 343. The van der Waals surface area contributed by atoms with E-state index in [0.29, 0.717) is 6.54 Å². The number of carbonyl (C=O) groups is 1. The Labute approximate surface area is 109 Å². The van der Waals surface area contributed by atoms with Crippen molar-refractivity contribution >= 4 is 12.1 Å². The van der Waals surface area contributed by atoms with Crippen LogP contribution in [0.15, 0.2) is 24.3 Å². The Kier molecular flexibility index (Phi) is 6.22. The molecule has 0 atom stereocenters. The number of nitrogens with zero attached hydrogens (tertiary/aromatic N) is 2. The van der Waals surface area contributed by atoms with Crippen molar-refractivity contribution in [1.29, 1.82) is 0 Å². The number of hydrogen-bond acceptors (Lipinski definition) is 3. The number of benzene rings is 1. The van der Waals surface area contributed by atoms with Crippen LogP contribution in [0.2, 0.25) is 0 Å². The van der Waals surface area contributed by atoms with Crippen LogP contribution in [0.4, 0.5) is 5.69 Å².